The largest absolute Gasteiger partial charge is 0.422 e. The molecule has 156 valence electrons. The molecule has 0 radical (unpaired) electrons. The molecular weight excluding hydrogens is 356 g/mol. The Morgan fingerprint density at radius 1 is 1.00 bits per heavy atom. The Balaban J connectivity index is 1.73. The molecule has 1 unspecified atom stereocenters. The number of aliphatic hydroxyl groups excluding tert-OH is 1. The second-order valence-electron chi connectivity index (χ2n) is 10.0. The van der Waals surface area contributed by atoms with Gasteiger partial charge in [0.2, 0.25) is 0 Å². The first-order chi connectivity index (χ1) is 13.1. The minimum absolute atomic E-state index is 0.124. The van der Waals surface area contributed by atoms with E-state index in [0.717, 1.165) is 25.7 Å². The molecule has 0 bridgehead atoms. The number of aliphatic hydroxyl groups is 1. The number of hydrogen-bond donors (Lipinski definition) is 1. The smallest absolute Gasteiger partial charge is 0.305 e. The molecule has 4 rings (SSSR count). The highest BCUT2D eigenvalue weighted by Crippen LogP contribution is 2.68. The summed E-state index contributed by atoms with van der Waals surface area (Å²) >= 11 is 0. The quantitative estimate of drug-likeness (QED) is 0.436. The van der Waals surface area contributed by atoms with Crippen LogP contribution in [0.25, 0.3) is 0 Å². The molecule has 0 heterocycles. The van der Waals surface area contributed by atoms with Crippen molar-refractivity contribution in [1.29, 1.82) is 0 Å². The summed E-state index contributed by atoms with van der Waals surface area (Å²) in [6, 6.07) is 0. The molecule has 28 heavy (non-hydrogen) atoms. The van der Waals surface area contributed by atoms with Gasteiger partial charge in [0.15, 0.2) is 0 Å². The van der Waals surface area contributed by atoms with E-state index in [4.69, 9.17) is 9.47 Å². The molecule has 0 aromatic carbocycles. The minimum Gasteiger partial charge on any atom is -0.422 e. The van der Waals surface area contributed by atoms with Gasteiger partial charge in [0, 0.05) is 25.7 Å². The van der Waals surface area contributed by atoms with Crippen molar-refractivity contribution < 1.29 is 24.2 Å². The Hall–Kier alpha value is -1.36. The Kier molecular flexibility index (Phi) is 4.68. The molecule has 6 atom stereocenters. The molecule has 4 aliphatic carbocycles. The maximum Gasteiger partial charge on any atom is 0.305 e. The summed E-state index contributed by atoms with van der Waals surface area (Å²) in [4.78, 5) is 23.8. The Labute approximate surface area is 167 Å². The lowest BCUT2D eigenvalue weighted by atomic mass is 9.47. The van der Waals surface area contributed by atoms with Crippen LogP contribution in [0.1, 0.15) is 79.1 Å². The fourth-order valence-corrected chi connectivity index (χ4v) is 7.46. The topological polar surface area (TPSA) is 72.8 Å². The van der Waals surface area contributed by atoms with E-state index in [1.165, 1.54) is 38.7 Å². The van der Waals surface area contributed by atoms with Crippen LogP contribution in [0.15, 0.2) is 11.6 Å². The molecule has 5 nitrogen and oxygen atoms in total. The van der Waals surface area contributed by atoms with Crippen LogP contribution in [0.2, 0.25) is 0 Å². The average Bonchev–Trinajstić information content (AvgIpc) is 2.86. The molecule has 0 aromatic heterocycles. The van der Waals surface area contributed by atoms with Gasteiger partial charge in [-0.3, -0.25) is 9.59 Å². The van der Waals surface area contributed by atoms with E-state index in [-0.39, 0.29) is 17.3 Å². The van der Waals surface area contributed by atoms with E-state index in [1.54, 1.807) is 0 Å². The lowest BCUT2D eigenvalue weighted by Gasteiger charge is -2.59. The second kappa shape index (κ2) is 6.58. The summed E-state index contributed by atoms with van der Waals surface area (Å²) in [5.74, 6) is -1.33. The van der Waals surface area contributed by atoms with Crippen molar-refractivity contribution in [2.75, 3.05) is 0 Å². The van der Waals surface area contributed by atoms with E-state index >= 15 is 0 Å². The summed E-state index contributed by atoms with van der Waals surface area (Å²) < 4.78 is 11.5. The van der Waals surface area contributed by atoms with Crippen molar-refractivity contribution in [2.45, 2.75) is 91.0 Å². The monoisotopic (exact) mass is 390 g/mol. The third-order valence-electron chi connectivity index (χ3n) is 8.70. The Bertz CT molecular complexity index is 696. The summed E-state index contributed by atoms with van der Waals surface area (Å²) in [7, 11) is 0. The van der Waals surface area contributed by atoms with E-state index in [0.29, 0.717) is 12.3 Å². The van der Waals surface area contributed by atoms with Gasteiger partial charge in [-0.15, -0.1) is 0 Å². The van der Waals surface area contributed by atoms with Crippen LogP contribution < -0.4 is 0 Å². The first-order valence-corrected chi connectivity index (χ1v) is 10.9. The van der Waals surface area contributed by atoms with Crippen LogP contribution in [-0.4, -0.2) is 28.9 Å². The zero-order chi connectivity index (χ0) is 20.3. The summed E-state index contributed by atoms with van der Waals surface area (Å²) in [6.45, 7) is 7.24. The van der Waals surface area contributed by atoms with E-state index in [1.807, 2.05) is 0 Å². The van der Waals surface area contributed by atoms with E-state index in [9.17, 15) is 14.7 Å². The predicted molar refractivity (Wildman–Crippen MR) is 104 cm³/mol. The van der Waals surface area contributed by atoms with Gasteiger partial charge in [-0.1, -0.05) is 31.9 Å². The van der Waals surface area contributed by atoms with Crippen LogP contribution in [0.5, 0.6) is 0 Å². The normalized spacial score (nSPS) is 43.8. The van der Waals surface area contributed by atoms with Crippen LogP contribution in [0.3, 0.4) is 0 Å². The van der Waals surface area contributed by atoms with E-state index in [2.05, 4.69) is 19.9 Å². The van der Waals surface area contributed by atoms with Gasteiger partial charge in [-0.2, -0.15) is 0 Å². The number of hydrogen-bond acceptors (Lipinski definition) is 5. The Morgan fingerprint density at radius 2 is 1.64 bits per heavy atom. The first kappa shape index (κ1) is 19.9. The minimum atomic E-state index is -1.21. The summed E-state index contributed by atoms with van der Waals surface area (Å²) in [5.41, 5.74) is 1.14. The van der Waals surface area contributed by atoms with Crippen molar-refractivity contribution in [3.63, 3.8) is 0 Å². The zero-order valence-corrected chi connectivity index (χ0v) is 17.6. The number of rotatable bonds is 2. The molecule has 4 aliphatic rings. The molecule has 3 fully saturated rings. The zero-order valence-electron chi connectivity index (χ0n) is 17.6. The lowest BCUT2D eigenvalue weighted by molar-refractivity contribution is -0.275. The molecule has 3 saturated carbocycles. The average molecular weight is 391 g/mol. The lowest BCUT2D eigenvalue weighted by Crippen LogP contribution is -2.59. The van der Waals surface area contributed by atoms with Crippen molar-refractivity contribution >= 4 is 11.9 Å². The Morgan fingerprint density at radius 3 is 2.29 bits per heavy atom. The van der Waals surface area contributed by atoms with Crippen molar-refractivity contribution in [2.24, 2.45) is 28.6 Å². The van der Waals surface area contributed by atoms with Gasteiger partial charge in [0.05, 0.1) is 6.10 Å². The van der Waals surface area contributed by atoms with Gasteiger partial charge >= 0.3 is 11.9 Å². The van der Waals surface area contributed by atoms with Crippen LogP contribution in [-0.2, 0) is 19.1 Å². The number of fused-ring (bicyclic) bond motifs is 5. The summed E-state index contributed by atoms with van der Waals surface area (Å²) in [6.07, 6.45) is 9.53. The maximum absolute atomic E-state index is 11.9. The number of carbonyl (C=O) groups excluding carboxylic acids is 2. The number of carbonyl (C=O) groups is 2. The van der Waals surface area contributed by atoms with Crippen LogP contribution in [0.4, 0.5) is 0 Å². The molecule has 0 spiro atoms. The molecule has 5 heteroatoms. The van der Waals surface area contributed by atoms with Gasteiger partial charge < -0.3 is 14.6 Å². The fourth-order valence-electron chi connectivity index (χ4n) is 7.46. The molecule has 0 saturated heterocycles. The van der Waals surface area contributed by atoms with Gasteiger partial charge in [0.1, 0.15) is 0 Å². The standard InChI is InChI=1S/C23H34O5/c1-14(24)27-23(28-15(2)25)12-9-18-20-17(8-11-22(18,23)4)21(3)10-6-5-7-16(21)13-19(20)26/h13,17-20,26H,5-12H2,1-4H3/t17-,18+,19?,20-,21+,22+/m1/s1. The third-order valence-corrected chi connectivity index (χ3v) is 8.70. The highest BCUT2D eigenvalue weighted by molar-refractivity contribution is 5.69. The highest BCUT2D eigenvalue weighted by atomic mass is 16.7. The molecule has 1 N–H and O–H groups in total. The van der Waals surface area contributed by atoms with Crippen molar-refractivity contribution in [1.82, 2.24) is 0 Å². The highest BCUT2D eigenvalue weighted by Gasteiger charge is 2.68. The number of allylic oxidation sites excluding steroid dienone is 1. The van der Waals surface area contributed by atoms with Crippen LogP contribution in [0, 0.1) is 28.6 Å². The molecule has 0 aliphatic heterocycles. The van der Waals surface area contributed by atoms with Gasteiger partial charge in [-0.25, -0.2) is 0 Å². The van der Waals surface area contributed by atoms with E-state index < -0.39 is 29.2 Å². The molecule has 0 aromatic rings. The summed E-state index contributed by atoms with van der Waals surface area (Å²) in [5, 5.41) is 11.2. The van der Waals surface area contributed by atoms with Crippen LogP contribution >= 0.6 is 0 Å². The third kappa shape index (κ3) is 2.68. The fraction of sp³-hybridized carbons (Fsp3) is 0.826. The van der Waals surface area contributed by atoms with Crippen molar-refractivity contribution in [3.8, 4) is 0 Å². The van der Waals surface area contributed by atoms with Crippen molar-refractivity contribution in [3.05, 3.63) is 11.6 Å². The first-order valence-electron chi connectivity index (χ1n) is 10.9. The predicted octanol–water partition coefficient (Wildman–Crippen LogP) is 4.13. The molecule has 0 amide bonds. The maximum atomic E-state index is 11.9. The number of esters is 2. The van der Waals surface area contributed by atoms with Gasteiger partial charge in [0.25, 0.3) is 5.79 Å². The number of ether oxygens (including phenoxy) is 2. The second-order valence-corrected chi connectivity index (χ2v) is 10.0. The SMILES string of the molecule is CC(=O)OC1(OC(C)=O)CC[C@H]2[C@@H]3C(O)C=C4CCCC[C@]4(C)[C@@H]3CC[C@@]21C. The molecular formula is C23H34O5. The van der Waals surface area contributed by atoms with Gasteiger partial charge in [-0.05, 0) is 61.7 Å².